The Morgan fingerprint density at radius 1 is 1.15 bits per heavy atom. The fourth-order valence-corrected chi connectivity index (χ4v) is 3.55. The van der Waals surface area contributed by atoms with Crippen LogP contribution in [-0.4, -0.2) is 37.0 Å². The highest BCUT2D eigenvalue weighted by molar-refractivity contribution is 5.63. The van der Waals surface area contributed by atoms with Crippen molar-refractivity contribution >= 4 is 5.82 Å². The van der Waals surface area contributed by atoms with E-state index in [9.17, 15) is 8.78 Å². The lowest BCUT2D eigenvalue weighted by Crippen LogP contribution is -2.43. The Balaban J connectivity index is 1.67. The molecule has 3 aromatic heterocycles. The predicted octanol–water partition coefficient (Wildman–Crippen LogP) is 4.25. The molecule has 0 aliphatic rings. The molecule has 8 nitrogen and oxygen atoms in total. The van der Waals surface area contributed by atoms with Gasteiger partial charge in [-0.05, 0) is 25.5 Å². The van der Waals surface area contributed by atoms with Gasteiger partial charge in [0.25, 0.3) is 0 Å². The van der Waals surface area contributed by atoms with E-state index in [0.29, 0.717) is 29.2 Å². The summed E-state index contributed by atoms with van der Waals surface area (Å²) in [6, 6.07) is 9.83. The second kappa shape index (κ2) is 9.45. The molecule has 3 N–H and O–H groups in total. The zero-order chi connectivity index (χ0) is 23.4. The molecule has 1 unspecified atom stereocenters. The van der Waals surface area contributed by atoms with Gasteiger partial charge in [0, 0.05) is 23.7 Å². The van der Waals surface area contributed by atoms with E-state index in [-0.39, 0.29) is 24.0 Å². The van der Waals surface area contributed by atoms with E-state index in [1.165, 1.54) is 12.3 Å². The third-order valence-corrected chi connectivity index (χ3v) is 5.21. The zero-order valence-corrected chi connectivity index (χ0v) is 18.4. The molecule has 10 heteroatoms. The number of nitrogens with one attached hydrogen (secondary N) is 1. The number of halogens is 2. The van der Waals surface area contributed by atoms with Crippen LogP contribution >= 0.6 is 0 Å². The minimum absolute atomic E-state index is 0.0411. The number of nitrogens with zero attached hydrogens (tertiary/aromatic N) is 5. The van der Waals surface area contributed by atoms with E-state index in [1.807, 2.05) is 13.8 Å². The number of benzene rings is 1. The average molecular weight is 453 g/mol. The van der Waals surface area contributed by atoms with Gasteiger partial charge >= 0.3 is 0 Å². The van der Waals surface area contributed by atoms with Crippen molar-refractivity contribution in [1.82, 2.24) is 24.9 Å². The largest absolute Gasteiger partial charge is 0.366 e. The highest BCUT2D eigenvalue weighted by Gasteiger charge is 2.20. The third kappa shape index (κ3) is 5.23. The highest BCUT2D eigenvalue weighted by Crippen LogP contribution is 2.26. The van der Waals surface area contributed by atoms with Crippen molar-refractivity contribution in [3.8, 4) is 22.9 Å². The van der Waals surface area contributed by atoms with Gasteiger partial charge in [0.05, 0.1) is 18.4 Å². The van der Waals surface area contributed by atoms with E-state index >= 15 is 0 Å². The molecular weight excluding hydrogens is 428 g/mol. The number of hydrogen-bond acceptors (Lipinski definition) is 7. The van der Waals surface area contributed by atoms with E-state index in [1.54, 1.807) is 35.0 Å². The maximum atomic E-state index is 14.4. The van der Waals surface area contributed by atoms with Gasteiger partial charge in [0.2, 0.25) is 0 Å². The van der Waals surface area contributed by atoms with Crippen LogP contribution in [0, 0.1) is 11.6 Å². The molecule has 0 spiro atoms. The average Bonchev–Trinajstić information content (AvgIpc) is 3.45. The second-order valence-corrected chi connectivity index (χ2v) is 8.20. The third-order valence-electron chi connectivity index (χ3n) is 5.21. The maximum Gasteiger partial charge on any atom is 0.183 e. The molecule has 0 fully saturated rings. The molecular formula is C23H25F2N7O. The summed E-state index contributed by atoms with van der Waals surface area (Å²) in [7, 11) is 0. The predicted molar refractivity (Wildman–Crippen MR) is 120 cm³/mol. The van der Waals surface area contributed by atoms with Crippen molar-refractivity contribution in [1.29, 1.82) is 0 Å². The van der Waals surface area contributed by atoms with Crippen molar-refractivity contribution < 1.29 is 13.3 Å². The van der Waals surface area contributed by atoms with E-state index in [4.69, 9.17) is 10.3 Å². The second-order valence-electron chi connectivity index (χ2n) is 8.20. The van der Waals surface area contributed by atoms with Crippen LogP contribution in [0.4, 0.5) is 14.6 Å². The normalized spacial score (nSPS) is 13.1. The van der Waals surface area contributed by atoms with Gasteiger partial charge in [-0.25, -0.2) is 18.7 Å². The standard InChI is InChI=1S/C23H25F2N7O/c1-3-9-23(2,26)14-28-21-17(25)12-27-22(29-21)19-11-20(18-8-10-33-31-18)32(30-19)13-15-6-4-5-7-16(15)24/h4-8,10-12H,3,9,13-14,26H2,1-2H3,(H,27,28,29). The van der Waals surface area contributed by atoms with Gasteiger partial charge in [0.15, 0.2) is 17.5 Å². The first-order chi connectivity index (χ1) is 15.9. The van der Waals surface area contributed by atoms with Crippen molar-refractivity contribution in [3.05, 3.63) is 66.1 Å². The number of rotatable bonds is 9. The van der Waals surface area contributed by atoms with E-state index in [2.05, 4.69) is 25.5 Å². The van der Waals surface area contributed by atoms with Crippen LogP contribution in [0.2, 0.25) is 0 Å². The summed E-state index contributed by atoms with van der Waals surface area (Å²) >= 11 is 0. The molecule has 0 aliphatic carbocycles. The summed E-state index contributed by atoms with van der Waals surface area (Å²) in [5, 5.41) is 11.5. The molecule has 4 aromatic rings. The van der Waals surface area contributed by atoms with Crippen molar-refractivity contribution in [3.63, 3.8) is 0 Å². The van der Waals surface area contributed by atoms with Gasteiger partial charge in [0.1, 0.15) is 23.5 Å². The molecule has 0 aliphatic heterocycles. The topological polar surface area (TPSA) is 108 Å². The summed E-state index contributed by atoms with van der Waals surface area (Å²) in [5.41, 5.74) is 7.68. The molecule has 1 atom stereocenters. The molecule has 0 saturated heterocycles. The summed E-state index contributed by atoms with van der Waals surface area (Å²) in [5.74, 6) is -0.680. The Hall–Kier alpha value is -3.66. The van der Waals surface area contributed by atoms with Crippen molar-refractivity contribution in [2.45, 2.75) is 38.8 Å². The van der Waals surface area contributed by atoms with Crippen molar-refractivity contribution in [2.24, 2.45) is 5.73 Å². The van der Waals surface area contributed by atoms with E-state index < -0.39 is 11.4 Å². The number of anilines is 1. The monoisotopic (exact) mass is 453 g/mol. The highest BCUT2D eigenvalue weighted by atomic mass is 19.1. The van der Waals surface area contributed by atoms with Crippen LogP contribution in [0.3, 0.4) is 0 Å². The number of aromatic nitrogens is 5. The minimum atomic E-state index is -0.589. The molecule has 3 heterocycles. The van der Waals surface area contributed by atoms with E-state index in [0.717, 1.165) is 19.0 Å². The molecule has 1 aromatic carbocycles. The molecule has 0 radical (unpaired) electrons. The van der Waals surface area contributed by atoms with Crippen LogP contribution < -0.4 is 11.1 Å². The summed E-state index contributed by atoms with van der Waals surface area (Å²) in [6.45, 7) is 4.44. The van der Waals surface area contributed by atoms with Gasteiger partial charge < -0.3 is 15.6 Å². The van der Waals surface area contributed by atoms with Gasteiger partial charge in [-0.1, -0.05) is 36.7 Å². The first-order valence-corrected chi connectivity index (χ1v) is 10.6. The zero-order valence-electron chi connectivity index (χ0n) is 18.4. The SMILES string of the molecule is CCCC(C)(N)CNc1nc(-c2cc(-c3ccon3)n(Cc3ccccc3F)n2)ncc1F. The van der Waals surface area contributed by atoms with Crippen LogP contribution in [0.25, 0.3) is 22.9 Å². The van der Waals surface area contributed by atoms with Crippen LogP contribution in [-0.2, 0) is 6.54 Å². The fraction of sp³-hybridized carbons (Fsp3) is 0.304. The van der Waals surface area contributed by atoms with Crippen LogP contribution in [0.5, 0.6) is 0 Å². The molecule has 0 amide bonds. The molecule has 4 rings (SSSR count). The summed E-state index contributed by atoms with van der Waals surface area (Å²) in [4.78, 5) is 8.42. The smallest absolute Gasteiger partial charge is 0.183 e. The van der Waals surface area contributed by atoms with Crippen LogP contribution in [0.15, 0.2) is 53.4 Å². The molecule has 0 saturated carbocycles. The fourth-order valence-electron chi connectivity index (χ4n) is 3.55. The van der Waals surface area contributed by atoms with Gasteiger partial charge in [-0.2, -0.15) is 5.10 Å². The lowest BCUT2D eigenvalue weighted by molar-refractivity contribution is 0.421. The lowest BCUT2D eigenvalue weighted by atomic mass is 9.98. The van der Waals surface area contributed by atoms with Gasteiger partial charge in [-0.15, -0.1) is 0 Å². The minimum Gasteiger partial charge on any atom is -0.366 e. The Kier molecular flexibility index (Phi) is 6.45. The maximum absolute atomic E-state index is 14.4. The Labute approximate surface area is 189 Å². The molecule has 0 bridgehead atoms. The molecule has 172 valence electrons. The Morgan fingerprint density at radius 2 is 1.97 bits per heavy atom. The van der Waals surface area contributed by atoms with Gasteiger partial charge in [-0.3, -0.25) is 4.68 Å². The summed E-state index contributed by atoms with van der Waals surface area (Å²) in [6.07, 6.45) is 4.22. The molecule has 33 heavy (non-hydrogen) atoms. The Bertz CT molecular complexity index is 1220. The van der Waals surface area contributed by atoms with Crippen molar-refractivity contribution in [2.75, 3.05) is 11.9 Å². The lowest BCUT2D eigenvalue weighted by Gasteiger charge is -2.24. The Morgan fingerprint density at radius 3 is 2.70 bits per heavy atom. The first kappa shape index (κ1) is 22.5. The number of nitrogens with two attached hydrogens (primary N) is 1. The van der Waals surface area contributed by atoms with Crippen LogP contribution in [0.1, 0.15) is 32.3 Å². The summed E-state index contributed by atoms with van der Waals surface area (Å²) < 4.78 is 35.2. The first-order valence-electron chi connectivity index (χ1n) is 10.6. The quantitative estimate of drug-likeness (QED) is 0.390. The number of hydrogen-bond donors (Lipinski definition) is 2.